The Morgan fingerprint density at radius 3 is 2.21 bits per heavy atom. The molecule has 8 heteroatoms. The van der Waals surface area contributed by atoms with E-state index in [-0.39, 0.29) is 16.6 Å². The minimum Gasteiger partial charge on any atom is -0.404 e. The normalized spacial score (nSPS) is 19.7. The van der Waals surface area contributed by atoms with Gasteiger partial charge >= 0.3 is 7.12 Å². The van der Waals surface area contributed by atoms with Crippen LogP contribution in [0.1, 0.15) is 60.5 Å². The maximum Gasteiger partial charge on any atom is 0.497 e. The molecule has 1 aromatic carbocycles. The molecule has 0 bridgehead atoms. The Kier molecular flexibility index (Phi) is 6.62. The van der Waals surface area contributed by atoms with Crippen LogP contribution in [0.5, 0.6) is 0 Å². The lowest BCUT2D eigenvalue weighted by molar-refractivity contribution is 0.00578. The van der Waals surface area contributed by atoms with Gasteiger partial charge in [0.2, 0.25) is 0 Å². The number of rotatable bonds is 6. The predicted octanol–water partition coefficient (Wildman–Crippen LogP) is 3.19. The van der Waals surface area contributed by atoms with Gasteiger partial charge in [0.05, 0.1) is 16.8 Å². The molecule has 1 fully saturated rings. The van der Waals surface area contributed by atoms with Gasteiger partial charge in [-0.3, -0.25) is 4.99 Å². The average molecular weight is 408 g/mol. The number of aliphatic imine (C=N–C) groups is 1. The quantitative estimate of drug-likeness (QED) is 0.560. The van der Waals surface area contributed by atoms with E-state index < -0.39 is 35.6 Å². The Morgan fingerprint density at radius 2 is 1.72 bits per heavy atom. The molecule has 0 unspecified atom stereocenters. The molecule has 1 aliphatic heterocycles. The molecule has 0 aliphatic carbocycles. The van der Waals surface area contributed by atoms with Crippen LogP contribution < -0.4 is 11.2 Å². The number of hydrogen-bond donors (Lipinski definition) is 2. The number of nitrogens with two attached hydrogens (primary N) is 1. The van der Waals surface area contributed by atoms with Crippen molar-refractivity contribution in [2.45, 2.75) is 71.7 Å². The second-order valence-electron chi connectivity index (χ2n) is 9.03. The minimum absolute atomic E-state index is 0.00195. The van der Waals surface area contributed by atoms with Crippen molar-refractivity contribution in [1.82, 2.24) is 0 Å². The molecule has 0 aromatic heterocycles. The summed E-state index contributed by atoms with van der Waals surface area (Å²) >= 11 is 0. The highest BCUT2D eigenvalue weighted by Gasteiger charge is 2.52. The lowest BCUT2D eigenvalue weighted by Crippen LogP contribution is -2.41. The molecule has 1 saturated heterocycles. The van der Waals surface area contributed by atoms with Crippen molar-refractivity contribution in [3.8, 4) is 0 Å². The van der Waals surface area contributed by atoms with E-state index in [2.05, 4.69) is 4.99 Å². The fourth-order valence-electron chi connectivity index (χ4n) is 2.91. The van der Waals surface area contributed by atoms with Crippen molar-refractivity contribution < 1.29 is 23.2 Å². The van der Waals surface area contributed by atoms with Gasteiger partial charge in [0.25, 0.3) is 0 Å². The summed E-state index contributed by atoms with van der Waals surface area (Å²) in [6.07, 6.45) is 1.63. The Hall–Kier alpha value is -1.77. The van der Waals surface area contributed by atoms with Crippen molar-refractivity contribution >= 4 is 23.9 Å². The van der Waals surface area contributed by atoms with Crippen molar-refractivity contribution in [2.75, 3.05) is 6.54 Å². The summed E-state index contributed by atoms with van der Waals surface area (Å²) < 4.78 is 41.5. The summed E-state index contributed by atoms with van der Waals surface area (Å²) in [6, 6.07) is 2.90. The standard InChI is InChI=1S/C21H31BF2N2O3/c1-13(26-11-10-19(2,3)27)15(12-25)14-8-9-16(18(24)17(14)23)22-28-20(4,5)21(6,7)29-22/h8-9,12,27H,10-11,25H2,1-7H3/b15-12+,26-13?. The van der Waals surface area contributed by atoms with Crippen LogP contribution in [0.25, 0.3) is 5.57 Å². The topological polar surface area (TPSA) is 77.1 Å². The first kappa shape index (κ1) is 23.5. The van der Waals surface area contributed by atoms with Crippen molar-refractivity contribution in [3.05, 3.63) is 35.5 Å². The lowest BCUT2D eigenvalue weighted by atomic mass is 9.77. The smallest absolute Gasteiger partial charge is 0.404 e. The highest BCUT2D eigenvalue weighted by molar-refractivity contribution is 6.62. The van der Waals surface area contributed by atoms with E-state index in [1.165, 1.54) is 18.3 Å². The third-order valence-electron chi connectivity index (χ3n) is 5.54. The first-order valence-electron chi connectivity index (χ1n) is 9.70. The Balaban J connectivity index is 2.32. The summed E-state index contributed by atoms with van der Waals surface area (Å²) in [5, 5.41) is 9.79. The second kappa shape index (κ2) is 8.16. The van der Waals surface area contributed by atoms with Gasteiger partial charge in [0.15, 0.2) is 11.6 Å². The molecule has 0 radical (unpaired) electrons. The van der Waals surface area contributed by atoms with Crippen LogP contribution in [-0.4, -0.2) is 41.3 Å². The second-order valence-corrected chi connectivity index (χ2v) is 9.03. The molecule has 0 saturated carbocycles. The van der Waals surface area contributed by atoms with E-state index >= 15 is 0 Å². The fraction of sp³-hybridized carbons (Fsp3) is 0.571. The van der Waals surface area contributed by atoms with Crippen LogP contribution in [-0.2, 0) is 9.31 Å². The lowest BCUT2D eigenvalue weighted by Gasteiger charge is -2.32. The van der Waals surface area contributed by atoms with Gasteiger partial charge in [-0.25, -0.2) is 8.78 Å². The van der Waals surface area contributed by atoms with Gasteiger partial charge in [0.1, 0.15) is 0 Å². The fourth-order valence-corrected chi connectivity index (χ4v) is 2.91. The van der Waals surface area contributed by atoms with Gasteiger partial charge < -0.3 is 20.1 Å². The van der Waals surface area contributed by atoms with Gasteiger partial charge in [-0.2, -0.15) is 0 Å². The van der Waals surface area contributed by atoms with E-state index in [0.717, 1.165) is 0 Å². The minimum atomic E-state index is -1.04. The number of nitrogens with zero attached hydrogens (tertiary/aromatic N) is 1. The molecule has 3 N–H and O–H groups in total. The van der Waals surface area contributed by atoms with E-state index in [1.807, 2.05) is 27.7 Å². The number of allylic oxidation sites excluding steroid dienone is 1. The summed E-state index contributed by atoms with van der Waals surface area (Å²) in [6.45, 7) is 12.8. The average Bonchev–Trinajstić information content (AvgIpc) is 2.78. The van der Waals surface area contributed by atoms with E-state index in [9.17, 15) is 13.9 Å². The van der Waals surface area contributed by atoms with Gasteiger partial charge in [-0.15, -0.1) is 0 Å². The SMILES string of the molecule is CC(=NCCC(C)(C)O)/C(=C\N)c1ccc(B2OC(C)(C)C(C)(C)O2)c(F)c1F. The molecule has 160 valence electrons. The number of hydrogen-bond acceptors (Lipinski definition) is 5. The van der Waals surface area contributed by atoms with Crippen LogP contribution in [0.3, 0.4) is 0 Å². The van der Waals surface area contributed by atoms with Gasteiger partial charge in [-0.05, 0) is 54.9 Å². The largest absolute Gasteiger partial charge is 0.497 e. The number of halogens is 2. The maximum absolute atomic E-state index is 14.9. The van der Waals surface area contributed by atoms with Crippen molar-refractivity contribution in [1.29, 1.82) is 0 Å². The zero-order chi connectivity index (χ0) is 22.2. The molecule has 2 rings (SSSR count). The summed E-state index contributed by atoms with van der Waals surface area (Å²) in [4.78, 5) is 4.34. The van der Waals surface area contributed by atoms with Crippen molar-refractivity contribution in [3.63, 3.8) is 0 Å². The molecule has 1 aromatic rings. The Bertz CT molecular complexity index is 814. The molecule has 29 heavy (non-hydrogen) atoms. The summed E-state index contributed by atoms with van der Waals surface area (Å²) in [5.74, 6) is -2.07. The zero-order valence-corrected chi connectivity index (χ0v) is 18.3. The molecular formula is C21H31BF2N2O3. The van der Waals surface area contributed by atoms with E-state index in [0.29, 0.717) is 18.7 Å². The third kappa shape index (κ3) is 5.05. The summed E-state index contributed by atoms with van der Waals surface area (Å²) in [5.41, 5.74) is 4.25. The van der Waals surface area contributed by atoms with E-state index in [1.54, 1.807) is 20.8 Å². The molecular weight excluding hydrogens is 377 g/mol. The van der Waals surface area contributed by atoms with Crippen LogP contribution in [0.2, 0.25) is 0 Å². The Morgan fingerprint density at radius 1 is 1.17 bits per heavy atom. The predicted molar refractivity (Wildman–Crippen MR) is 113 cm³/mol. The number of benzene rings is 1. The summed E-state index contributed by atoms with van der Waals surface area (Å²) in [7, 11) is -1.00. The third-order valence-corrected chi connectivity index (χ3v) is 5.54. The molecule has 0 atom stereocenters. The van der Waals surface area contributed by atoms with E-state index in [4.69, 9.17) is 15.0 Å². The molecule has 1 heterocycles. The van der Waals surface area contributed by atoms with Crippen LogP contribution in [0.15, 0.2) is 23.3 Å². The van der Waals surface area contributed by atoms with Crippen LogP contribution in [0, 0.1) is 11.6 Å². The monoisotopic (exact) mass is 408 g/mol. The Labute approximate surface area is 172 Å². The molecule has 5 nitrogen and oxygen atoms in total. The van der Waals surface area contributed by atoms with Gasteiger partial charge in [0, 0.05) is 35.1 Å². The first-order chi connectivity index (χ1) is 13.2. The molecule has 0 spiro atoms. The highest BCUT2D eigenvalue weighted by atomic mass is 19.2. The van der Waals surface area contributed by atoms with Gasteiger partial charge in [-0.1, -0.05) is 12.1 Å². The van der Waals surface area contributed by atoms with Crippen LogP contribution >= 0.6 is 0 Å². The number of aliphatic hydroxyl groups is 1. The molecule has 0 amide bonds. The first-order valence-corrected chi connectivity index (χ1v) is 9.70. The van der Waals surface area contributed by atoms with Crippen LogP contribution in [0.4, 0.5) is 8.78 Å². The van der Waals surface area contributed by atoms with Crippen molar-refractivity contribution in [2.24, 2.45) is 10.7 Å². The zero-order valence-electron chi connectivity index (χ0n) is 18.3. The molecule has 1 aliphatic rings. The highest BCUT2D eigenvalue weighted by Crippen LogP contribution is 2.37. The maximum atomic E-state index is 14.9.